The molecule has 2 unspecified atom stereocenters. The third-order valence-electron chi connectivity index (χ3n) is 5.95. The van der Waals surface area contributed by atoms with Crippen LogP contribution in [0.4, 0.5) is 0 Å². The summed E-state index contributed by atoms with van der Waals surface area (Å²) in [7, 11) is 2.22. The van der Waals surface area contributed by atoms with Crippen LogP contribution in [-0.2, 0) is 4.79 Å². The van der Waals surface area contributed by atoms with Gasteiger partial charge in [-0.15, -0.1) is 0 Å². The third kappa shape index (κ3) is 3.03. The lowest BCUT2D eigenvalue weighted by atomic mass is 9.94. The maximum Gasteiger partial charge on any atom is 0.225 e. The Bertz CT molecular complexity index is 350. The van der Waals surface area contributed by atoms with Gasteiger partial charge in [0.25, 0.3) is 0 Å². The number of hydrogen-bond donors (Lipinski definition) is 0. The van der Waals surface area contributed by atoms with Gasteiger partial charge in [0.2, 0.25) is 5.91 Å². The summed E-state index contributed by atoms with van der Waals surface area (Å²) in [5, 5.41) is 0. The zero-order chi connectivity index (χ0) is 14.3. The summed E-state index contributed by atoms with van der Waals surface area (Å²) in [5.74, 6) is 3.48. The van der Waals surface area contributed by atoms with Crippen molar-refractivity contribution in [2.45, 2.75) is 52.0 Å². The molecule has 2 atom stereocenters. The van der Waals surface area contributed by atoms with Gasteiger partial charge in [-0.25, -0.2) is 0 Å². The van der Waals surface area contributed by atoms with Crippen molar-refractivity contribution >= 4 is 5.91 Å². The Morgan fingerprint density at radius 1 is 1.15 bits per heavy atom. The second-order valence-corrected chi connectivity index (χ2v) is 7.73. The zero-order valence-electron chi connectivity index (χ0n) is 13.3. The quantitative estimate of drug-likeness (QED) is 0.789. The first kappa shape index (κ1) is 14.4. The Kier molecular flexibility index (Phi) is 4.07. The van der Waals surface area contributed by atoms with Crippen LogP contribution >= 0.6 is 0 Å². The van der Waals surface area contributed by atoms with E-state index in [4.69, 9.17) is 0 Å². The Hall–Kier alpha value is -0.570. The molecule has 0 aromatic rings. The van der Waals surface area contributed by atoms with Crippen LogP contribution in [0.25, 0.3) is 0 Å². The number of carbonyl (C=O) groups is 1. The molecule has 1 aliphatic heterocycles. The summed E-state index contributed by atoms with van der Waals surface area (Å²) in [4.78, 5) is 17.1. The minimum Gasteiger partial charge on any atom is -0.342 e. The van der Waals surface area contributed by atoms with Gasteiger partial charge in [0, 0.05) is 31.6 Å². The molecule has 20 heavy (non-hydrogen) atoms. The third-order valence-corrected chi connectivity index (χ3v) is 5.95. The van der Waals surface area contributed by atoms with E-state index < -0.39 is 0 Å². The van der Waals surface area contributed by atoms with Crippen LogP contribution in [0.3, 0.4) is 0 Å². The number of nitrogens with zero attached hydrogens (tertiary/aromatic N) is 2. The average Bonchev–Trinajstić information content (AvgIpc) is 3.05. The number of amides is 1. The van der Waals surface area contributed by atoms with Crippen molar-refractivity contribution in [2.24, 2.45) is 23.7 Å². The molecule has 3 heteroatoms. The van der Waals surface area contributed by atoms with Crippen molar-refractivity contribution in [2.75, 3.05) is 26.7 Å². The van der Waals surface area contributed by atoms with Gasteiger partial charge in [-0.2, -0.15) is 0 Å². The maximum absolute atomic E-state index is 12.5. The highest BCUT2D eigenvalue weighted by Crippen LogP contribution is 2.54. The van der Waals surface area contributed by atoms with E-state index in [-0.39, 0.29) is 0 Å². The number of likely N-dealkylation sites (tertiary alicyclic amines) is 1. The van der Waals surface area contributed by atoms with Crippen molar-refractivity contribution in [1.29, 1.82) is 0 Å². The van der Waals surface area contributed by atoms with Crippen LogP contribution in [-0.4, -0.2) is 48.4 Å². The molecule has 114 valence electrons. The van der Waals surface area contributed by atoms with E-state index in [9.17, 15) is 4.79 Å². The summed E-state index contributed by atoms with van der Waals surface area (Å²) in [6.45, 7) is 7.70. The number of carbonyl (C=O) groups excluding carboxylic acids is 1. The molecule has 1 heterocycles. The summed E-state index contributed by atoms with van der Waals surface area (Å²) in [6.07, 6.45) is 6.19. The SMILES string of the molecule is CC(C)N(C)CC1CCN(C(=O)C2CC3CC3C2)CC1. The summed E-state index contributed by atoms with van der Waals surface area (Å²) < 4.78 is 0. The highest BCUT2D eigenvalue weighted by Gasteiger charge is 2.48. The molecule has 2 saturated carbocycles. The molecule has 3 fully saturated rings. The first-order chi connectivity index (χ1) is 9.54. The summed E-state index contributed by atoms with van der Waals surface area (Å²) in [5.41, 5.74) is 0. The Morgan fingerprint density at radius 2 is 1.75 bits per heavy atom. The molecule has 1 amide bonds. The summed E-state index contributed by atoms with van der Waals surface area (Å²) in [6, 6.07) is 0.625. The van der Waals surface area contributed by atoms with Crippen LogP contribution in [0.5, 0.6) is 0 Å². The van der Waals surface area contributed by atoms with Gasteiger partial charge in [0.1, 0.15) is 0 Å². The number of rotatable bonds is 4. The fourth-order valence-electron chi connectivity index (χ4n) is 4.13. The average molecular weight is 278 g/mol. The van der Waals surface area contributed by atoms with Crippen LogP contribution in [0.1, 0.15) is 46.0 Å². The molecular weight excluding hydrogens is 248 g/mol. The van der Waals surface area contributed by atoms with Crippen molar-refractivity contribution in [3.8, 4) is 0 Å². The molecule has 0 N–H and O–H groups in total. The predicted octanol–water partition coefficient (Wildman–Crippen LogP) is 2.61. The lowest BCUT2D eigenvalue weighted by Crippen LogP contribution is -2.44. The second-order valence-electron chi connectivity index (χ2n) is 7.73. The molecule has 3 rings (SSSR count). The van der Waals surface area contributed by atoms with Crippen molar-refractivity contribution in [3.05, 3.63) is 0 Å². The van der Waals surface area contributed by atoms with E-state index in [1.54, 1.807) is 0 Å². The number of hydrogen-bond acceptors (Lipinski definition) is 2. The minimum atomic E-state index is 0.383. The van der Waals surface area contributed by atoms with E-state index in [0.717, 1.165) is 30.8 Å². The van der Waals surface area contributed by atoms with Gasteiger partial charge in [-0.1, -0.05) is 0 Å². The predicted molar refractivity (Wildman–Crippen MR) is 81.4 cm³/mol. The first-order valence-electron chi connectivity index (χ1n) is 8.53. The largest absolute Gasteiger partial charge is 0.342 e. The van der Waals surface area contributed by atoms with Crippen molar-refractivity contribution < 1.29 is 4.79 Å². The van der Waals surface area contributed by atoms with Gasteiger partial charge >= 0.3 is 0 Å². The van der Waals surface area contributed by atoms with Crippen LogP contribution in [0.2, 0.25) is 0 Å². The Balaban J connectivity index is 1.42. The monoisotopic (exact) mass is 278 g/mol. The molecule has 3 aliphatic rings. The van der Waals surface area contributed by atoms with Gasteiger partial charge in [0.05, 0.1) is 0 Å². The van der Waals surface area contributed by atoms with E-state index >= 15 is 0 Å². The van der Waals surface area contributed by atoms with Gasteiger partial charge in [0.15, 0.2) is 0 Å². The van der Waals surface area contributed by atoms with Crippen LogP contribution in [0.15, 0.2) is 0 Å². The molecule has 0 aromatic heterocycles. The smallest absolute Gasteiger partial charge is 0.225 e. The number of fused-ring (bicyclic) bond motifs is 1. The normalized spacial score (nSPS) is 33.9. The molecule has 0 bridgehead atoms. The first-order valence-corrected chi connectivity index (χ1v) is 8.53. The van der Waals surface area contributed by atoms with Gasteiger partial charge in [-0.3, -0.25) is 4.79 Å². The lowest BCUT2D eigenvalue weighted by Gasteiger charge is -2.36. The molecule has 3 nitrogen and oxygen atoms in total. The maximum atomic E-state index is 12.5. The van der Waals surface area contributed by atoms with Crippen molar-refractivity contribution in [1.82, 2.24) is 9.80 Å². The van der Waals surface area contributed by atoms with Crippen LogP contribution < -0.4 is 0 Å². The highest BCUT2D eigenvalue weighted by molar-refractivity contribution is 5.79. The Labute approximate surface area is 123 Å². The fraction of sp³-hybridized carbons (Fsp3) is 0.941. The van der Waals surface area contributed by atoms with Gasteiger partial charge in [-0.05, 0) is 70.8 Å². The molecule has 0 aromatic carbocycles. The minimum absolute atomic E-state index is 0.383. The second kappa shape index (κ2) is 5.67. The molecule has 0 spiro atoms. The molecule has 2 aliphatic carbocycles. The zero-order valence-corrected chi connectivity index (χ0v) is 13.3. The number of piperidine rings is 1. The van der Waals surface area contributed by atoms with E-state index in [1.807, 2.05) is 0 Å². The molecule has 0 radical (unpaired) electrons. The van der Waals surface area contributed by atoms with E-state index in [0.29, 0.717) is 17.9 Å². The lowest BCUT2D eigenvalue weighted by molar-refractivity contribution is -0.137. The van der Waals surface area contributed by atoms with Crippen LogP contribution in [0, 0.1) is 23.7 Å². The van der Waals surface area contributed by atoms with E-state index in [1.165, 1.54) is 38.6 Å². The highest BCUT2D eigenvalue weighted by atomic mass is 16.2. The van der Waals surface area contributed by atoms with Gasteiger partial charge < -0.3 is 9.80 Å². The molecular formula is C17H30N2O. The standard InChI is InChI=1S/C17H30N2O/c1-12(2)18(3)11-13-4-6-19(7-5-13)17(20)16-9-14-8-15(14)10-16/h12-16H,4-11H2,1-3H3. The Morgan fingerprint density at radius 3 is 2.30 bits per heavy atom. The fourth-order valence-corrected chi connectivity index (χ4v) is 4.13. The molecule has 1 saturated heterocycles. The van der Waals surface area contributed by atoms with Crippen molar-refractivity contribution in [3.63, 3.8) is 0 Å². The topological polar surface area (TPSA) is 23.6 Å². The van der Waals surface area contributed by atoms with E-state index in [2.05, 4.69) is 30.7 Å². The summed E-state index contributed by atoms with van der Waals surface area (Å²) >= 11 is 0.